The van der Waals surface area contributed by atoms with Crippen molar-refractivity contribution >= 4 is 46.3 Å². The molecule has 1 heterocycles. The van der Waals surface area contributed by atoms with Crippen molar-refractivity contribution in [1.29, 1.82) is 0 Å². The van der Waals surface area contributed by atoms with E-state index in [1.165, 1.54) is 6.07 Å². The second-order valence-corrected chi connectivity index (χ2v) is 7.28. The van der Waals surface area contributed by atoms with Gasteiger partial charge in [-0.1, -0.05) is 35.5 Å². The SMILES string of the molecule is Cc1ccc(NC(=O)CSc2nnc(CNc3cccc(Cl)c3)o2)cc1[N+](=O)[O-]. The normalized spacial score (nSPS) is 10.6. The lowest BCUT2D eigenvalue weighted by Crippen LogP contribution is -2.14. The predicted octanol–water partition coefficient (Wildman–Crippen LogP) is 4.28. The average molecular weight is 434 g/mol. The van der Waals surface area contributed by atoms with E-state index in [2.05, 4.69) is 20.8 Å². The molecule has 0 spiro atoms. The molecule has 1 amide bonds. The summed E-state index contributed by atoms with van der Waals surface area (Å²) in [5.41, 5.74) is 1.64. The fourth-order valence-electron chi connectivity index (χ4n) is 2.35. The third-order valence-electron chi connectivity index (χ3n) is 3.73. The maximum atomic E-state index is 12.1. The zero-order chi connectivity index (χ0) is 20.8. The monoisotopic (exact) mass is 433 g/mol. The Morgan fingerprint density at radius 3 is 2.83 bits per heavy atom. The van der Waals surface area contributed by atoms with Gasteiger partial charge in [-0.2, -0.15) is 0 Å². The molecule has 2 N–H and O–H groups in total. The molecule has 9 nitrogen and oxygen atoms in total. The smallest absolute Gasteiger partial charge is 0.277 e. The first-order valence-corrected chi connectivity index (χ1v) is 9.76. The Bertz CT molecular complexity index is 1040. The number of nitrogens with zero attached hydrogens (tertiary/aromatic N) is 3. The number of carbonyl (C=O) groups is 1. The van der Waals surface area contributed by atoms with Crippen LogP contribution in [0.4, 0.5) is 17.1 Å². The lowest BCUT2D eigenvalue weighted by molar-refractivity contribution is -0.385. The number of nitro benzene ring substituents is 1. The van der Waals surface area contributed by atoms with Crippen LogP contribution in [0.15, 0.2) is 52.1 Å². The quantitative estimate of drug-likeness (QED) is 0.306. The largest absolute Gasteiger partial charge is 0.414 e. The van der Waals surface area contributed by atoms with Gasteiger partial charge in [0.1, 0.15) is 0 Å². The molecule has 0 aliphatic heterocycles. The molecule has 0 atom stereocenters. The molecule has 0 saturated carbocycles. The minimum absolute atomic E-state index is 0.0189. The van der Waals surface area contributed by atoms with E-state index in [1.807, 2.05) is 12.1 Å². The van der Waals surface area contributed by atoms with Crippen molar-refractivity contribution < 1.29 is 14.1 Å². The standard InChI is InChI=1S/C18H16ClN5O4S/c1-11-5-6-14(8-15(11)24(26)27)21-16(25)10-29-18-23-22-17(28-18)9-20-13-4-2-3-12(19)7-13/h2-8,20H,9-10H2,1H3,(H,21,25). The first-order valence-electron chi connectivity index (χ1n) is 8.40. The third kappa shape index (κ3) is 5.93. The number of hydrogen-bond acceptors (Lipinski definition) is 8. The van der Waals surface area contributed by atoms with Gasteiger partial charge in [-0.25, -0.2) is 0 Å². The summed E-state index contributed by atoms with van der Waals surface area (Å²) in [6.07, 6.45) is 0. The van der Waals surface area contributed by atoms with Crippen LogP contribution in [-0.2, 0) is 11.3 Å². The zero-order valence-electron chi connectivity index (χ0n) is 15.2. The van der Waals surface area contributed by atoms with Gasteiger partial charge in [-0.3, -0.25) is 14.9 Å². The number of nitrogens with one attached hydrogen (secondary N) is 2. The van der Waals surface area contributed by atoms with Crippen molar-refractivity contribution in [2.75, 3.05) is 16.4 Å². The number of carbonyl (C=O) groups excluding carboxylic acids is 1. The number of nitro groups is 1. The number of halogens is 1. The first-order chi connectivity index (χ1) is 13.9. The van der Waals surface area contributed by atoms with Crippen molar-refractivity contribution in [3.8, 4) is 0 Å². The lowest BCUT2D eigenvalue weighted by Gasteiger charge is -2.05. The Balaban J connectivity index is 1.49. The van der Waals surface area contributed by atoms with E-state index in [4.69, 9.17) is 16.0 Å². The Hall–Kier alpha value is -3.11. The molecule has 0 aliphatic carbocycles. The molecule has 29 heavy (non-hydrogen) atoms. The fourth-order valence-corrected chi connectivity index (χ4v) is 3.12. The highest BCUT2D eigenvalue weighted by Crippen LogP contribution is 2.23. The maximum absolute atomic E-state index is 12.1. The maximum Gasteiger partial charge on any atom is 0.277 e. The number of aryl methyl sites for hydroxylation is 1. The topological polar surface area (TPSA) is 123 Å². The number of anilines is 2. The Labute approximate surface area is 175 Å². The summed E-state index contributed by atoms with van der Waals surface area (Å²) in [5.74, 6) is 0.0392. The van der Waals surface area contributed by atoms with Crippen LogP contribution < -0.4 is 10.6 Å². The van der Waals surface area contributed by atoms with E-state index in [0.29, 0.717) is 28.7 Å². The van der Waals surface area contributed by atoms with Gasteiger partial charge >= 0.3 is 0 Å². The molecule has 1 aromatic heterocycles. The van der Waals surface area contributed by atoms with Gasteiger partial charge in [0.15, 0.2) is 0 Å². The number of amides is 1. The molecule has 150 valence electrons. The molecular formula is C18H16ClN5O4S. The lowest BCUT2D eigenvalue weighted by atomic mass is 10.2. The summed E-state index contributed by atoms with van der Waals surface area (Å²) in [6, 6.07) is 11.7. The van der Waals surface area contributed by atoms with E-state index in [1.54, 1.807) is 31.2 Å². The number of benzene rings is 2. The summed E-state index contributed by atoms with van der Waals surface area (Å²) < 4.78 is 5.48. The van der Waals surface area contributed by atoms with Gasteiger partial charge in [0.05, 0.1) is 17.2 Å². The second kappa shape index (κ2) is 9.39. The van der Waals surface area contributed by atoms with Crippen molar-refractivity contribution in [3.63, 3.8) is 0 Å². The van der Waals surface area contributed by atoms with E-state index in [0.717, 1.165) is 17.4 Å². The molecule has 2 aromatic carbocycles. The van der Waals surface area contributed by atoms with Crippen LogP contribution in [0.25, 0.3) is 0 Å². The summed E-state index contributed by atoms with van der Waals surface area (Å²) in [7, 11) is 0. The molecular weight excluding hydrogens is 418 g/mol. The Kier molecular flexibility index (Phi) is 6.68. The Morgan fingerprint density at radius 1 is 1.24 bits per heavy atom. The highest BCUT2D eigenvalue weighted by Gasteiger charge is 2.14. The van der Waals surface area contributed by atoms with Crippen LogP contribution in [0.1, 0.15) is 11.5 Å². The molecule has 3 rings (SSSR count). The van der Waals surface area contributed by atoms with E-state index < -0.39 is 4.92 Å². The van der Waals surface area contributed by atoms with Crippen LogP contribution in [-0.4, -0.2) is 26.8 Å². The second-order valence-electron chi connectivity index (χ2n) is 5.92. The first kappa shape index (κ1) is 20.6. The minimum Gasteiger partial charge on any atom is -0.414 e. The van der Waals surface area contributed by atoms with E-state index in [-0.39, 0.29) is 22.6 Å². The van der Waals surface area contributed by atoms with Crippen LogP contribution in [0, 0.1) is 17.0 Å². The van der Waals surface area contributed by atoms with Gasteiger partial charge in [0.25, 0.3) is 10.9 Å². The number of rotatable bonds is 8. The number of hydrogen-bond donors (Lipinski definition) is 2. The molecule has 3 aromatic rings. The molecule has 0 unspecified atom stereocenters. The van der Waals surface area contributed by atoms with E-state index >= 15 is 0 Å². The molecule has 0 aliphatic rings. The summed E-state index contributed by atoms with van der Waals surface area (Å²) >= 11 is 7.00. The predicted molar refractivity (Wildman–Crippen MR) is 110 cm³/mol. The summed E-state index contributed by atoms with van der Waals surface area (Å²) in [6.45, 7) is 1.95. The van der Waals surface area contributed by atoms with Crippen LogP contribution in [0.2, 0.25) is 5.02 Å². The number of thioether (sulfide) groups is 1. The molecule has 0 radical (unpaired) electrons. The van der Waals surface area contributed by atoms with Crippen LogP contribution in [0.5, 0.6) is 0 Å². The van der Waals surface area contributed by atoms with Crippen molar-refractivity contribution in [2.45, 2.75) is 18.7 Å². The zero-order valence-corrected chi connectivity index (χ0v) is 16.8. The van der Waals surface area contributed by atoms with Gasteiger partial charge in [0, 0.05) is 28.0 Å². The highest BCUT2D eigenvalue weighted by molar-refractivity contribution is 7.99. The van der Waals surface area contributed by atoms with Crippen molar-refractivity contribution in [3.05, 3.63) is 69.1 Å². The highest BCUT2D eigenvalue weighted by atomic mass is 35.5. The average Bonchev–Trinajstić information content (AvgIpc) is 3.14. The van der Waals surface area contributed by atoms with Gasteiger partial charge < -0.3 is 15.1 Å². The molecule has 0 fully saturated rings. The Morgan fingerprint density at radius 2 is 2.07 bits per heavy atom. The minimum atomic E-state index is -0.489. The van der Waals surface area contributed by atoms with E-state index in [9.17, 15) is 14.9 Å². The molecule has 0 saturated heterocycles. The molecule has 11 heteroatoms. The van der Waals surface area contributed by atoms with Crippen LogP contribution >= 0.6 is 23.4 Å². The van der Waals surface area contributed by atoms with Gasteiger partial charge in [0.2, 0.25) is 11.8 Å². The summed E-state index contributed by atoms with van der Waals surface area (Å²) in [4.78, 5) is 22.6. The number of aromatic nitrogens is 2. The third-order valence-corrected chi connectivity index (χ3v) is 4.79. The van der Waals surface area contributed by atoms with Crippen molar-refractivity contribution in [1.82, 2.24) is 10.2 Å². The molecule has 0 bridgehead atoms. The van der Waals surface area contributed by atoms with Gasteiger partial charge in [-0.15, -0.1) is 10.2 Å². The fraction of sp³-hybridized carbons (Fsp3) is 0.167. The van der Waals surface area contributed by atoms with Gasteiger partial charge in [-0.05, 0) is 31.2 Å². The summed E-state index contributed by atoms with van der Waals surface area (Å²) in [5, 5.41) is 25.4. The van der Waals surface area contributed by atoms with Crippen LogP contribution in [0.3, 0.4) is 0 Å². The van der Waals surface area contributed by atoms with Crippen molar-refractivity contribution in [2.24, 2.45) is 0 Å².